The Bertz CT molecular complexity index is 1300. The summed E-state index contributed by atoms with van der Waals surface area (Å²) >= 11 is 0. The number of piperazine rings is 1. The molecule has 9 nitrogen and oxygen atoms in total. The number of furan rings is 1. The number of benzene rings is 1. The van der Waals surface area contributed by atoms with Crippen molar-refractivity contribution in [1.29, 1.82) is 0 Å². The number of hydrogen-bond acceptors (Lipinski definition) is 6. The van der Waals surface area contributed by atoms with E-state index in [9.17, 15) is 9.59 Å². The SMILES string of the molecule is Cc1ccc2c(c1)c(=O)n(C)c1nnc(CN3CCN(C(=O)c4ccoc4)CC3)n21. The van der Waals surface area contributed by atoms with E-state index in [2.05, 4.69) is 15.1 Å². The van der Waals surface area contributed by atoms with Crippen LogP contribution in [0.5, 0.6) is 0 Å². The Balaban J connectivity index is 1.41. The first kappa shape index (κ1) is 18.6. The van der Waals surface area contributed by atoms with Crippen LogP contribution in [0.1, 0.15) is 21.7 Å². The van der Waals surface area contributed by atoms with E-state index in [0.717, 1.165) is 30.0 Å². The van der Waals surface area contributed by atoms with E-state index in [1.54, 1.807) is 17.7 Å². The number of rotatable bonds is 3. The summed E-state index contributed by atoms with van der Waals surface area (Å²) < 4.78 is 8.52. The fraction of sp³-hybridized carbons (Fsp3) is 0.333. The highest BCUT2D eigenvalue weighted by Crippen LogP contribution is 2.18. The maximum atomic E-state index is 12.7. The van der Waals surface area contributed by atoms with Gasteiger partial charge >= 0.3 is 0 Å². The van der Waals surface area contributed by atoms with Crippen LogP contribution in [-0.4, -0.2) is 61.1 Å². The normalized spacial score (nSPS) is 15.3. The third-order valence-corrected chi connectivity index (χ3v) is 5.73. The van der Waals surface area contributed by atoms with Crippen LogP contribution in [0.2, 0.25) is 0 Å². The summed E-state index contributed by atoms with van der Waals surface area (Å²) in [6, 6.07) is 7.54. The molecule has 1 aliphatic heterocycles. The summed E-state index contributed by atoms with van der Waals surface area (Å²) in [5, 5.41) is 9.30. The van der Waals surface area contributed by atoms with Crippen LogP contribution in [0.15, 0.2) is 46.0 Å². The smallest absolute Gasteiger partial charge is 0.262 e. The van der Waals surface area contributed by atoms with Crippen molar-refractivity contribution in [3.8, 4) is 0 Å². The van der Waals surface area contributed by atoms with Gasteiger partial charge in [-0.15, -0.1) is 10.2 Å². The first-order chi connectivity index (χ1) is 14.5. The van der Waals surface area contributed by atoms with Crippen molar-refractivity contribution in [3.05, 3.63) is 64.1 Å². The number of fused-ring (bicyclic) bond motifs is 3. The maximum absolute atomic E-state index is 12.7. The largest absolute Gasteiger partial charge is 0.472 e. The molecule has 0 unspecified atom stereocenters. The van der Waals surface area contributed by atoms with Crippen LogP contribution in [0.3, 0.4) is 0 Å². The van der Waals surface area contributed by atoms with Crippen LogP contribution < -0.4 is 5.56 Å². The summed E-state index contributed by atoms with van der Waals surface area (Å²) in [5.74, 6) is 1.30. The zero-order chi connectivity index (χ0) is 20.8. The molecule has 4 heterocycles. The maximum Gasteiger partial charge on any atom is 0.262 e. The Labute approximate surface area is 172 Å². The third-order valence-electron chi connectivity index (χ3n) is 5.73. The van der Waals surface area contributed by atoms with Crippen molar-refractivity contribution < 1.29 is 9.21 Å². The standard InChI is InChI=1S/C21H22N6O3/c1-14-3-4-17-16(11-14)20(29)24(2)21-23-22-18(27(17)21)12-25-6-8-26(9-7-25)19(28)15-5-10-30-13-15/h3-5,10-11,13H,6-9,12H2,1-2H3. The van der Waals surface area contributed by atoms with E-state index >= 15 is 0 Å². The number of carbonyl (C=O) groups is 1. The molecule has 3 aromatic heterocycles. The first-order valence-corrected chi connectivity index (χ1v) is 9.90. The van der Waals surface area contributed by atoms with Gasteiger partial charge in [0.2, 0.25) is 5.78 Å². The Morgan fingerprint density at radius 1 is 1.13 bits per heavy atom. The topological polar surface area (TPSA) is 88.9 Å². The van der Waals surface area contributed by atoms with Gasteiger partial charge in [0.15, 0.2) is 5.82 Å². The average Bonchev–Trinajstić information content (AvgIpc) is 3.43. The van der Waals surface area contributed by atoms with E-state index in [4.69, 9.17) is 4.42 Å². The molecule has 4 aromatic rings. The van der Waals surface area contributed by atoms with Crippen molar-refractivity contribution in [3.63, 3.8) is 0 Å². The Hall–Kier alpha value is -3.46. The molecule has 0 bridgehead atoms. The van der Waals surface area contributed by atoms with Crippen LogP contribution >= 0.6 is 0 Å². The van der Waals surface area contributed by atoms with E-state index in [1.807, 2.05) is 34.4 Å². The van der Waals surface area contributed by atoms with Crippen LogP contribution in [-0.2, 0) is 13.6 Å². The van der Waals surface area contributed by atoms with Gasteiger partial charge in [0.05, 0.1) is 29.3 Å². The lowest BCUT2D eigenvalue weighted by molar-refractivity contribution is 0.0624. The molecule has 1 fully saturated rings. The van der Waals surface area contributed by atoms with Gasteiger partial charge in [0.1, 0.15) is 6.26 Å². The molecule has 5 rings (SSSR count). The molecule has 9 heteroatoms. The minimum Gasteiger partial charge on any atom is -0.472 e. The van der Waals surface area contributed by atoms with E-state index in [-0.39, 0.29) is 11.5 Å². The lowest BCUT2D eigenvalue weighted by Gasteiger charge is -2.34. The molecule has 0 aliphatic carbocycles. The van der Waals surface area contributed by atoms with Crippen LogP contribution in [0.4, 0.5) is 0 Å². The molecular weight excluding hydrogens is 384 g/mol. The molecule has 0 saturated carbocycles. The highest BCUT2D eigenvalue weighted by Gasteiger charge is 2.24. The minimum atomic E-state index is -0.0773. The van der Waals surface area contributed by atoms with Crippen molar-refractivity contribution in [2.75, 3.05) is 26.2 Å². The van der Waals surface area contributed by atoms with Crippen molar-refractivity contribution >= 4 is 22.6 Å². The number of aryl methyl sites for hydroxylation is 2. The molecule has 0 spiro atoms. The summed E-state index contributed by atoms with van der Waals surface area (Å²) in [6.45, 7) is 5.32. The van der Waals surface area contributed by atoms with Crippen LogP contribution in [0.25, 0.3) is 16.7 Å². The predicted octanol–water partition coefficient (Wildman–Crippen LogP) is 1.44. The zero-order valence-corrected chi connectivity index (χ0v) is 16.9. The fourth-order valence-electron chi connectivity index (χ4n) is 4.04. The van der Waals surface area contributed by atoms with E-state index in [1.165, 1.54) is 12.5 Å². The van der Waals surface area contributed by atoms with Gasteiger partial charge in [-0.1, -0.05) is 11.6 Å². The Morgan fingerprint density at radius 2 is 1.93 bits per heavy atom. The lowest BCUT2D eigenvalue weighted by Crippen LogP contribution is -2.48. The van der Waals surface area contributed by atoms with E-state index < -0.39 is 0 Å². The number of aromatic nitrogens is 4. The number of hydrogen-bond donors (Lipinski definition) is 0. The van der Waals surface area contributed by atoms with E-state index in [0.29, 0.717) is 36.4 Å². The van der Waals surface area contributed by atoms with Gasteiger partial charge in [-0.25, -0.2) is 0 Å². The first-order valence-electron chi connectivity index (χ1n) is 9.90. The molecular formula is C21H22N6O3. The van der Waals surface area contributed by atoms with Gasteiger partial charge in [0.25, 0.3) is 11.5 Å². The average molecular weight is 406 g/mol. The number of nitrogens with zero attached hydrogens (tertiary/aromatic N) is 6. The van der Waals surface area contributed by atoms with Gasteiger partial charge < -0.3 is 9.32 Å². The molecule has 30 heavy (non-hydrogen) atoms. The lowest BCUT2D eigenvalue weighted by atomic mass is 10.1. The zero-order valence-electron chi connectivity index (χ0n) is 16.9. The highest BCUT2D eigenvalue weighted by atomic mass is 16.3. The molecule has 0 radical (unpaired) electrons. The molecule has 0 N–H and O–H groups in total. The predicted molar refractivity (Wildman–Crippen MR) is 110 cm³/mol. The van der Waals surface area contributed by atoms with Crippen molar-refractivity contribution in [2.45, 2.75) is 13.5 Å². The van der Waals surface area contributed by atoms with Crippen molar-refractivity contribution in [1.82, 2.24) is 29.0 Å². The Kier molecular flexibility index (Phi) is 4.39. The summed E-state index contributed by atoms with van der Waals surface area (Å²) in [6.07, 6.45) is 2.99. The van der Waals surface area contributed by atoms with Gasteiger partial charge in [0, 0.05) is 33.2 Å². The molecule has 154 valence electrons. The molecule has 1 aromatic carbocycles. The number of carbonyl (C=O) groups excluding carboxylic acids is 1. The fourth-order valence-corrected chi connectivity index (χ4v) is 4.04. The Morgan fingerprint density at radius 3 is 2.67 bits per heavy atom. The van der Waals surface area contributed by atoms with Gasteiger partial charge in [-0.05, 0) is 25.1 Å². The molecule has 1 amide bonds. The third kappa shape index (κ3) is 2.98. The molecule has 0 atom stereocenters. The van der Waals surface area contributed by atoms with Crippen molar-refractivity contribution in [2.24, 2.45) is 7.05 Å². The van der Waals surface area contributed by atoms with Gasteiger partial charge in [-0.3, -0.25) is 23.5 Å². The quantitative estimate of drug-likeness (QED) is 0.512. The monoisotopic (exact) mass is 406 g/mol. The second-order valence-corrected chi connectivity index (χ2v) is 7.72. The second kappa shape index (κ2) is 7.10. The molecule has 1 aliphatic rings. The minimum absolute atomic E-state index is 0.00677. The summed E-state index contributed by atoms with van der Waals surface area (Å²) in [4.78, 5) is 29.3. The summed E-state index contributed by atoms with van der Waals surface area (Å²) in [5.41, 5.74) is 2.35. The number of amides is 1. The van der Waals surface area contributed by atoms with Gasteiger partial charge in [-0.2, -0.15) is 0 Å². The molecule has 1 saturated heterocycles. The second-order valence-electron chi connectivity index (χ2n) is 7.72. The van der Waals surface area contributed by atoms with Crippen LogP contribution in [0, 0.1) is 6.92 Å². The summed E-state index contributed by atoms with van der Waals surface area (Å²) in [7, 11) is 1.72. The highest BCUT2D eigenvalue weighted by molar-refractivity contribution is 5.93.